The Balaban J connectivity index is 1.39. The van der Waals surface area contributed by atoms with Crippen molar-refractivity contribution in [3.8, 4) is 22.5 Å². The van der Waals surface area contributed by atoms with Gasteiger partial charge in [0.1, 0.15) is 5.82 Å². The molecule has 0 fully saturated rings. The molecule has 0 aliphatic carbocycles. The molecule has 0 amide bonds. The maximum atomic E-state index is 13.6. The topological polar surface area (TPSA) is 116 Å². The molecule has 10 nitrogen and oxygen atoms in total. The van der Waals surface area contributed by atoms with E-state index in [1.54, 1.807) is 11.6 Å². The largest absolute Gasteiger partial charge is 0.332 e. The number of aromatic nitrogens is 8. The van der Waals surface area contributed by atoms with Crippen molar-refractivity contribution >= 4 is 11.2 Å². The molecule has 0 aliphatic heterocycles. The Kier molecular flexibility index (Phi) is 8.08. The molecule has 0 bridgehead atoms. The Hall–Kier alpha value is -5.12. The third kappa shape index (κ3) is 5.68. The lowest BCUT2D eigenvalue weighted by Crippen LogP contribution is -2.39. The zero-order valence-electron chi connectivity index (χ0n) is 24.4. The average Bonchev–Trinajstić information content (AvgIpc) is 3.70. The third-order valence-electron chi connectivity index (χ3n) is 7.90. The second-order valence-electron chi connectivity index (χ2n) is 10.8. The molecule has 3 heterocycles. The summed E-state index contributed by atoms with van der Waals surface area (Å²) in [7, 11) is 1.55. The zero-order valence-corrected chi connectivity index (χ0v) is 24.4. The molecule has 0 spiro atoms. The van der Waals surface area contributed by atoms with E-state index in [1.807, 2.05) is 59.2 Å². The summed E-state index contributed by atoms with van der Waals surface area (Å²) in [5.41, 5.74) is 5.32. The van der Waals surface area contributed by atoms with Crippen molar-refractivity contribution in [1.82, 2.24) is 39.3 Å². The van der Waals surface area contributed by atoms with E-state index in [2.05, 4.69) is 51.8 Å². The highest BCUT2D eigenvalue weighted by Crippen LogP contribution is 2.30. The molecular weight excluding hydrogens is 540 g/mol. The van der Waals surface area contributed by atoms with Crippen LogP contribution in [-0.4, -0.2) is 39.3 Å². The first-order valence-electron chi connectivity index (χ1n) is 14.7. The summed E-state index contributed by atoms with van der Waals surface area (Å²) < 4.78 is 4.87. The number of H-pyrrole nitrogens is 1. The molecule has 0 radical (unpaired) electrons. The first kappa shape index (κ1) is 28.0. The van der Waals surface area contributed by atoms with E-state index in [9.17, 15) is 9.59 Å². The van der Waals surface area contributed by atoms with Crippen molar-refractivity contribution in [2.75, 3.05) is 0 Å². The van der Waals surface area contributed by atoms with Gasteiger partial charge in [-0.25, -0.2) is 9.78 Å². The van der Waals surface area contributed by atoms with Crippen LogP contribution in [0.15, 0.2) is 88.5 Å². The minimum absolute atomic E-state index is 0.323. The highest BCUT2D eigenvalue weighted by Gasteiger charge is 2.21. The van der Waals surface area contributed by atoms with Gasteiger partial charge in [-0.15, -0.1) is 10.2 Å². The lowest BCUT2D eigenvalue weighted by atomic mass is 9.98. The van der Waals surface area contributed by atoms with Crippen molar-refractivity contribution in [3.05, 3.63) is 117 Å². The molecule has 43 heavy (non-hydrogen) atoms. The maximum Gasteiger partial charge on any atom is 0.332 e. The van der Waals surface area contributed by atoms with Crippen LogP contribution in [0.3, 0.4) is 0 Å². The maximum absolute atomic E-state index is 13.6. The molecule has 0 saturated carbocycles. The van der Waals surface area contributed by atoms with E-state index in [1.165, 1.54) is 4.57 Å². The highest BCUT2D eigenvalue weighted by molar-refractivity contribution is 5.80. The minimum Gasteiger partial charge on any atom is -0.318 e. The predicted molar refractivity (Wildman–Crippen MR) is 167 cm³/mol. The van der Waals surface area contributed by atoms with Crippen molar-refractivity contribution < 1.29 is 0 Å². The van der Waals surface area contributed by atoms with Gasteiger partial charge in [-0.2, -0.15) is 5.21 Å². The number of rotatable bonds is 11. The molecular formula is C33H34N8O2. The van der Waals surface area contributed by atoms with E-state index in [0.29, 0.717) is 36.5 Å². The summed E-state index contributed by atoms with van der Waals surface area (Å²) in [6, 6.07) is 26.3. The van der Waals surface area contributed by atoms with Crippen LogP contribution >= 0.6 is 0 Å². The van der Waals surface area contributed by atoms with Gasteiger partial charge in [-0.3, -0.25) is 13.9 Å². The fourth-order valence-electron chi connectivity index (χ4n) is 5.56. The monoisotopic (exact) mass is 574 g/mol. The van der Waals surface area contributed by atoms with E-state index in [-0.39, 0.29) is 11.2 Å². The lowest BCUT2D eigenvalue weighted by molar-refractivity contribution is 0.619. The molecule has 10 heteroatoms. The number of hydrogen-bond acceptors (Lipinski definition) is 6. The number of fused-ring (bicyclic) bond motifs is 1. The van der Waals surface area contributed by atoms with Crippen molar-refractivity contribution in [2.24, 2.45) is 7.05 Å². The summed E-state index contributed by atoms with van der Waals surface area (Å²) in [6.45, 7) is 3.07. The van der Waals surface area contributed by atoms with Crippen LogP contribution in [0.2, 0.25) is 0 Å². The van der Waals surface area contributed by atoms with Crippen LogP contribution < -0.4 is 11.2 Å². The molecule has 0 aliphatic rings. The second kappa shape index (κ2) is 12.4. The standard InChI is InChI=1S/C33H34N8O2/c1-3-4-6-15-28-34-31-29(32(42)39(2)33(43)40(31)21-20-23-11-7-5-8-12-23)41(28)22-24-16-18-25(19-17-24)26-13-9-10-14-27(26)30-35-37-38-36-30/h5,7-14,16-19H,3-4,6,15,20-22H2,1-2H3,(H,35,36,37,38). The van der Waals surface area contributed by atoms with Gasteiger partial charge in [0, 0.05) is 32.1 Å². The molecule has 0 atom stereocenters. The summed E-state index contributed by atoms with van der Waals surface area (Å²) >= 11 is 0. The summed E-state index contributed by atoms with van der Waals surface area (Å²) in [6.07, 6.45) is 4.50. The SMILES string of the molecule is CCCCCc1nc2c(c(=O)n(C)c(=O)n2CCc2ccccc2)n1Cc1ccc(-c2ccccc2-c2nn[nH]n2)cc1. The first-order valence-corrected chi connectivity index (χ1v) is 14.7. The number of tetrazole rings is 1. The smallest absolute Gasteiger partial charge is 0.318 e. The molecule has 218 valence electrons. The van der Waals surface area contributed by atoms with Gasteiger partial charge in [-0.05, 0) is 40.3 Å². The number of aryl methyl sites for hydroxylation is 3. The van der Waals surface area contributed by atoms with E-state index in [4.69, 9.17) is 4.98 Å². The van der Waals surface area contributed by atoms with E-state index in [0.717, 1.165) is 59.3 Å². The second-order valence-corrected chi connectivity index (χ2v) is 10.8. The van der Waals surface area contributed by atoms with Crippen LogP contribution in [0.25, 0.3) is 33.7 Å². The molecule has 3 aromatic carbocycles. The van der Waals surface area contributed by atoms with Crippen LogP contribution in [0.5, 0.6) is 0 Å². The Morgan fingerprint density at radius 1 is 0.791 bits per heavy atom. The number of aromatic amines is 1. The number of hydrogen-bond donors (Lipinski definition) is 1. The average molecular weight is 575 g/mol. The van der Waals surface area contributed by atoms with Crippen LogP contribution in [0.1, 0.15) is 43.1 Å². The normalized spacial score (nSPS) is 11.4. The summed E-state index contributed by atoms with van der Waals surface area (Å²) in [5, 5.41) is 14.5. The molecule has 6 rings (SSSR count). The summed E-state index contributed by atoms with van der Waals surface area (Å²) in [4.78, 5) is 31.8. The number of nitrogens with one attached hydrogen (secondary N) is 1. The fourth-order valence-corrected chi connectivity index (χ4v) is 5.56. The lowest BCUT2D eigenvalue weighted by Gasteiger charge is -2.12. The van der Waals surface area contributed by atoms with Gasteiger partial charge in [0.25, 0.3) is 5.56 Å². The molecule has 3 aromatic heterocycles. The van der Waals surface area contributed by atoms with E-state index < -0.39 is 0 Å². The molecule has 6 aromatic rings. The van der Waals surface area contributed by atoms with Gasteiger partial charge < -0.3 is 4.57 Å². The van der Waals surface area contributed by atoms with Crippen LogP contribution in [-0.2, 0) is 33.0 Å². The Morgan fingerprint density at radius 3 is 2.26 bits per heavy atom. The highest BCUT2D eigenvalue weighted by atomic mass is 16.2. The van der Waals surface area contributed by atoms with Crippen LogP contribution in [0, 0.1) is 0 Å². The van der Waals surface area contributed by atoms with Crippen molar-refractivity contribution in [3.63, 3.8) is 0 Å². The third-order valence-corrected chi connectivity index (χ3v) is 7.90. The Bertz CT molecular complexity index is 1950. The molecule has 1 N–H and O–H groups in total. The van der Waals surface area contributed by atoms with Gasteiger partial charge in [0.15, 0.2) is 11.2 Å². The van der Waals surface area contributed by atoms with Gasteiger partial charge in [0.05, 0.1) is 0 Å². The molecule has 0 unspecified atom stereocenters. The quantitative estimate of drug-likeness (QED) is 0.223. The molecule has 0 saturated heterocycles. The predicted octanol–water partition coefficient (Wildman–Crippen LogP) is 4.77. The minimum atomic E-state index is -0.345. The number of imidazole rings is 1. The Morgan fingerprint density at radius 2 is 1.53 bits per heavy atom. The summed E-state index contributed by atoms with van der Waals surface area (Å²) in [5.74, 6) is 1.36. The number of benzene rings is 3. The van der Waals surface area contributed by atoms with Gasteiger partial charge >= 0.3 is 5.69 Å². The van der Waals surface area contributed by atoms with Crippen LogP contribution in [0.4, 0.5) is 0 Å². The fraction of sp³-hybridized carbons (Fsp3) is 0.273. The number of unbranched alkanes of at least 4 members (excludes halogenated alkanes) is 2. The zero-order chi connectivity index (χ0) is 29.8. The van der Waals surface area contributed by atoms with Crippen molar-refractivity contribution in [2.45, 2.75) is 52.1 Å². The Labute approximate surface area is 248 Å². The van der Waals surface area contributed by atoms with Crippen molar-refractivity contribution in [1.29, 1.82) is 0 Å². The number of nitrogens with zero attached hydrogens (tertiary/aromatic N) is 7. The van der Waals surface area contributed by atoms with E-state index >= 15 is 0 Å². The first-order chi connectivity index (χ1) is 21.0. The van der Waals surface area contributed by atoms with Gasteiger partial charge in [-0.1, -0.05) is 98.6 Å². The van der Waals surface area contributed by atoms with Gasteiger partial charge in [0.2, 0.25) is 5.82 Å².